The molecule has 0 radical (unpaired) electrons. The number of nitrogens with one attached hydrogen (secondary N) is 1. The van der Waals surface area contributed by atoms with Gasteiger partial charge in [0, 0.05) is 12.4 Å². The maximum Gasteiger partial charge on any atom is 0.312 e. The molecule has 0 aliphatic carbocycles. The van der Waals surface area contributed by atoms with Crippen LogP contribution in [0.25, 0.3) is 10.8 Å². The Morgan fingerprint density at radius 3 is 2.38 bits per heavy atom. The number of nitrogens with zero attached hydrogens (tertiary/aromatic N) is 2. The van der Waals surface area contributed by atoms with Crippen LogP contribution >= 0.6 is 0 Å². The van der Waals surface area contributed by atoms with Gasteiger partial charge >= 0.3 is 5.97 Å². The third-order valence-corrected chi connectivity index (χ3v) is 4.23. The highest BCUT2D eigenvalue weighted by molar-refractivity contribution is 5.95. The molecule has 0 fully saturated rings. The van der Waals surface area contributed by atoms with Crippen molar-refractivity contribution in [3.8, 4) is 0 Å². The van der Waals surface area contributed by atoms with Crippen molar-refractivity contribution < 1.29 is 23.1 Å². The zero-order chi connectivity index (χ0) is 21.1. The summed E-state index contributed by atoms with van der Waals surface area (Å²) in [6.45, 7) is 1.28. The number of hydrogen-bond acceptors (Lipinski definition) is 5. The molecule has 1 aromatic heterocycles. The summed E-state index contributed by atoms with van der Waals surface area (Å²) in [7, 11) is 1.46. The van der Waals surface area contributed by atoms with E-state index >= 15 is 0 Å². The van der Waals surface area contributed by atoms with Gasteiger partial charge in [0.25, 0.3) is 11.5 Å². The number of benzene rings is 2. The van der Waals surface area contributed by atoms with E-state index in [1.54, 1.807) is 24.3 Å². The average Bonchev–Trinajstić information content (AvgIpc) is 2.68. The highest BCUT2D eigenvalue weighted by atomic mass is 19.1. The van der Waals surface area contributed by atoms with Gasteiger partial charge in [-0.1, -0.05) is 24.3 Å². The fourth-order valence-corrected chi connectivity index (χ4v) is 2.78. The van der Waals surface area contributed by atoms with E-state index in [2.05, 4.69) is 10.4 Å². The van der Waals surface area contributed by atoms with Crippen molar-refractivity contribution in [3.05, 3.63) is 70.1 Å². The molecule has 150 valence electrons. The number of halogens is 2. The highest BCUT2D eigenvalue weighted by Gasteiger charge is 2.22. The summed E-state index contributed by atoms with van der Waals surface area (Å²) >= 11 is 0. The van der Waals surface area contributed by atoms with E-state index in [0.29, 0.717) is 16.5 Å². The van der Waals surface area contributed by atoms with Crippen LogP contribution in [0.1, 0.15) is 12.6 Å². The predicted octanol–water partition coefficient (Wildman–Crippen LogP) is 2.32. The number of anilines is 1. The fourth-order valence-electron chi connectivity index (χ4n) is 2.78. The molecule has 3 aromatic rings. The van der Waals surface area contributed by atoms with Crippen LogP contribution < -0.4 is 10.9 Å². The zero-order valence-electron chi connectivity index (χ0n) is 15.6. The van der Waals surface area contributed by atoms with E-state index in [4.69, 9.17) is 4.74 Å². The number of para-hydroxylation sites is 1. The molecule has 1 N–H and O–H groups in total. The molecule has 1 atom stereocenters. The Bertz CT molecular complexity index is 1140. The molecule has 1 heterocycles. The lowest BCUT2D eigenvalue weighted by Crippen LogP contribution is -2.31. The molecule has 1 amide bonds. The first-order valence-corrected chi connectivity index (χ1v) is 8.67. The van der Waals surface area contributed by atoms with Crippen LogP contribution in [0.4, 0.5) is 14.5 Å². The van der Waals surface area contributed by atoms with Crippen molar-refractivity contribution in [2.45, 2.75) is 19.4 Å². The molecule has 0 spiro atoms. The zero-order valence-corrected chi connectivity index (χ0v) is 15.6. The number of fused-ring (bicyclic) bond motifs is 1. The summed E-state index contributed by atoms with van der Waals surface area (Å²) in [4.78, 5) is 36.5. The topological polar surface area (TPSA) is 90.3 Å². The molecule has 9 heteroatoms. The van der Waals surface area contributed by atoms with Gasteiger partial charge in [-0.2, -0.15) is 5.10 Å². The minimum absolute atomic E-state index is 0.291. The second-order valence-electron chi connectivity index (χ2n) is 6.32. The summed E-state index contributed by atoms with van der Waals surface area (Å²) in [5, 5.41) is 7.05. The van der Waals surface area contributed by atoms with Crippen molar-refractivity contribution >= 4 is 28.3 Å². The molecular weight excluding hydrogens is 384 g/mol. The van der Waals surface area contributed by atoms with E-state index in [9.17, 15) is 23.2 Å². The minimum Gasteiger partial charge on any atom is -0.452 e. The van der Waals surface area contributed by atoms with E-state index in [1.807, 2.05) is 0 Å². The monoisotopic (exact) mass is 401 g/mol. The molecule has 2 aromatic carbocycles. The quantitative estimate of drug-likeness (QED) is 0.663. The molecule has 0 bridgehead atoms. The molecule has 3 rings (SSSR count). The Labute approximate surface area is 163 Å². The molecular formula is C20H17F2N3O4. The SMILES string of the molecule is C[C@H](OC(=O)Cc1nn(C)c(=O)c2ccccc12)C(=O)Nc1c(F)cccc1F. The van der Waals surface area contributed by atoms with Crippen LogP contribution in [0.2, 0.25) is 0 Å². The fraction of sp³-hybridized carbons (Fsp3) is 0.200. The second kappa shape index (κ2) is 8.17. The number of esters is 1. The van der Waals surface area contributed by atoms with Crippen molar-refractivity contribution in [2.75, 3.05) is 5.32 Å². The van der Waals surface area contributed by atoms with Gasteiger partial charge in [0.05, 0.1) is 17.5 Å². The first-order valence-electron chi connectivity index (χ1n) is 8.67. The molecule has 7 nitrogen and oxygen atoms in total. The van der Waals surface area contributed by atoms with Crippen LogP contribution in [-0.4, -0.2) is 27.8 Å². The number of ether oxygens (including phenoxy) is 1. The van der Waals surface area contributed by atoms with E-state index < -0.39 is 35.3 Å². The minimum atomic E-state index is -1.31. The van der Waals surface area contributed by atoms with Crippen LogP contribution in [0.3, 0.4) is 0 Å². The standard InChI is InChI=1S/C20H17F2N3O4/c1-11(19(27)23-18-14(21)8-5-9-15(18)22)29-17(26)10-16-12-6-3-4-7-13(12)20(28)25(2)24-16/h3-9,11H,10H2,1-2H3,(H,23,27)/t11-/m0/s1. The first-order chi connectivity index (χ1) is 13.8. The molecule has 0 unspecified atom stereocenters. The molecule has 0 saturated heterocycles. The number of carbonyl (C=O) groups is 2. The average molecular weight is 401 g/mol. The predicted molar refractivity (Wildman–Crippen MR) is 101 cm³/mol. The Kier molecular flexibility index (Phi) is 5.67. The highest BCUT2D eigenvalue weighted by Crippen LogP contribution is 2.19. The van der Waals surface area contributed by atoms with Gasteiger partial charge in [0.1, 0.15) is 17.3 Å². The smallest absolute Gasteiger partial charge is 0.312 e. The second-order valence-corrected chi connectivity index (χ2v) is 6.32. The third-order valence-electron chi connectivity index (χ3n) is 4.23. The Morgan fingerprint density at radius 1 is 1.10 bits per heavy atom. The summed E-state index contributed by atoms with van der Waals surface area (Å²) < 4.78 is 33.5. The molecule has 0 saturated carbocycles. The van der Waals surface area contributed by atoms with Crippen LogP contribution in [0.15, 0.2) is 47.3 Å². The van der Waals surface area contributed by atoms with Gasteiger partial charge < -0.3 is 10.1 Å². The number of hydrogen-bond donors (Lipinski definition) is 1. The third kappa shape index (κ3) is 4.29. The van der Waals surface area contributed by atoms with Crippen LogP contribution in [0.5, 0.6) is 0 Å². The van der Waals surface area contributed by atoms with Gasteiger partial charge in [-0.25, -0.2) is 13.5 Å². The van der Waals surface area contributed by atoms with E-state index in [1.165, 1.54) is 14.0 Å². The number of aromatic nitrogens is 2. The summed E-state index contributed by atoms with van der Waals surface area (Å²) in [5.74, 6) is -3.56. The lowest BCUT2D eigenvalue weighted by atomic mass is 10.1. The van der Waals surface area contributed by atoms with Gasteiger partial charge in [-0.3, -0.25) is 14.4 Å². The molecule has 0 aliphatic heterocycles. The lowest BCUT2D eigenvalue weighted by molar-refractivity contribution is -0.152. The molecule has 29 heavy (non-hydrogen) atoms. The normalized spacial score (nSPS) is 11.9. The van der Waals surface area contributed by atoms with Gasteiger partial charge in [-0.15, -0.1) is 0 Å². The number of carbonyl (C=O) groups excluding carboxylic acids is 2. The maximum absolute atomic E-state index is 13.6. The van der Waals surface area contributed by atoms with Gasteiger partial charge in [-0.05, 0) is 25.1 Å². The Balaban J connectivity index is 1.73. The van der Waals surface area contributed by atoms with Crippen LogP contribution in [0, 0.1) is 11.6 Å². The van der Waals surface area contributed by atoms with E-state index in [0.717, 1.165) is 22.9 Å². The summed E-state index contributed by atoms with van der Waals surface area (Å²) in [6.07, 6.45) is -1.60. The van der Waals surface area contributed by atoms with Crippen molar-refractivity contribution in [1.29, 1.82) is 0 Å². The van der Waals surface area contributed by atoms with Crippen molar-refractivity contribution in [1.82, 2.24) is 9.78 Å². The number of rotatable bonds is 5. The van der Waals surface area contributed by atoms with E-state index in [-0.39, 0.29) is 12.0 Å². The Hall–Kier alpha value is -3.62. The lowest BCUT2D eigenvalue weighted by Gasteiger charge is -2.14. The largest absolute Gasteiger partial charge is 0.452 e. The first kappa shape index (κ1) is 20.1. The molecule has 0 aliphatic rings. The summed E-state index contributed by atoms with van der Waals surface area (Å²) in [5.41, 5.74) is -0.621. The van der Waals surface area contributed by atoms with Crippen LogP contribution in [-0.2, 0) is 27.8 Å². The van der Waals surface area contributed by atoms with Crippen molar-refractivity contribution in [2.24, 2.45) is 7.05 Å². The number of aryl methyl sites for hydroxylation is 1. The number of amides is 1. The van der Waals surface area contributed by atoms with Gasteiger partial charge in [0.2, 0.25) is 0 Å². The summed E-state index contributed by atoms with van der Waals surface area (Å²) in [6, 6.07) is 9.82. The van der Waals surface area contributed by atoms with Crippen molar-refractivity contribution in [3.63, 3.8) is 0 Å². The Morgan fingerprint density at radius 2 is 1.72 bits per heavy atom. The van der Waals surface area contributed by atoms with Gasteiger partial charge in [0.15, 0.2) is 6.10 Å². The maximum atomic E-state index is 13.6.